The van der Waals surface area contributed by atoms with Gasteiger partial charge in [0.25, 0.3) is 5.91 Å². The normalized spacial score (nSPS) is 10.9. The molecule has 0 unspecified atom stereocenters. The van der Waals surface area contributed by atoms with Crippen LogP contribution in [0.2, 0.25) is 5.02 Å². The Morgan fingerprint density at radius 1 is 1.24 bits per heavy atom. The number of ether oxygens (including phenoxy) is 2. The lowest BCUT2D eigenvalue weighted by molar-refractivity contribution is -0.150. The SMILES string of the molecule is Cc1cc(Cl)ccc1OCC(=O)OCC(=O)NC(C)(C)C. The van der Waals surface area contributed by atoms with Crippen LogP contribution in [0.3, 0.4) is 0 Å². The van der Waals surface area contributed by atoms with E-state index in [0.717, 1.165) is 5.56 Å². The van der Waals surface area contributed by atoms with E-state index >= 15 is 0 Å². The number of esters is 1. The van der Waals surface area contributed by atoms with E-state index < -0.39 is 5.97 Å². The number of hydrogen-bond acceptors (Lipinski definition) is 4. The van der Waals surface area contributed by atoms with Crippen LogP contribution in [0.5, 0.6) is 5.75 Å². The van der Waals surface area contributed by atoms with Crippen LogP contribution in [0.15, 0.2) is 18.2 Å². The standard InChI is InChI=1S/C15H20ClNO4/c1-10-7-11(16)5-6-12(10)20-9-14(19)21-8-13(18)17-15(2,3)4/h5-7H,8-9H2,1-4H3,(H,17,18). The molecule has 0 aliphatic rings. The van der Waals surface area contributed by atoms with E-state index in [2.05, 4.69) is 5.32 Å². The number of amides is 1. The van der Waals surface area contributed by atoms with Crippen LogP contribution in [0.4, 0.5) is 0 Å². The van der Waals surface area contributed by atoms with Gasteiger partial charge >= 0.3 is 5.97 Å². The molecule has 21 heavy (non-hydrogen) atoms. The summed E-state index contributed by atoms with van der Waals surface area (Å²) in [5.74, 6) is -0.401. The molecule has 0 radical (unpaired) electrons. The molecule has 116 valence electrons. The van der Waals surface area contributed by atoms with E-state index in [9.17, 15) is 9.59 Å². The zero-order valence-corrected chi connectivity index (χ0v) is 13.4. The topological polar surface area (TPSA) is 64.6 Å². The van der Waals surface area contributed by atoms with Crippen LogP contribution in [0.25, 0.3) is 0 Å². The van der Waals surface area contributed by atoms with Crippen LogP contribution in [-0.4, -0.2) is 30.6 Å². The number of aryl methyl sites for hydroxylation is 1. The highest BCUT2D eigenvalue weighted by Crippen LogP contribution is 2.21. The lowest BCUT2D eigenvalue weighted by atomic mass is 10.1. The number of nitrogens with one attached hydrogen (secondary N) is 1. The maximum atomic E-state index is 11.5. The summed E-state index contributed by atoms with van der Waals surface area (Å²) in [5, 5.41) is 3.29. The molecule has 1 aromatic carbocycles. The number of carbonyl (C=O) groups is 2. The van der Waals surface area contributed by atoms with E-state index in [0.29, 0.717) is 10.8 Å². The van der Waals surface area contributed by atoms with Gasteiger partial charge in [-0.05, 0) is 51.5 Å². The molecule has 1 amide bonds. The van der Waals surface area contributed by atoms with Gasteiger partial charge in [-0.2, -0.15) is 0 Å². The molecule has 0 fully saturated rings. The maximum Gasteiger partial charge on any atom is 0.344 e. The Morgan fingerprint density at radius 3 is 2.48 bits per heavy atom. The molecule has 5 nitrogen and oxygen atoms in total. The molecule has 0 aliphatic heterocycles. The number of carbonyl (C=O) groups excluding carboxylic acids is 2. The zero-order valence-electron chi connectivity index (χ0n) is 12.7. The van der Waals surface area contributed by atoms with Crippen molar-refractivity contribution in [3.63, 3.8) is 0 Å². The Bertz CT molecular complexity index is 523. The van der Waals surface area contributed by atoms with Gasteiger partial charge in [0, 0.05) is 10.6 Å². The molecule has 1 rings (SSSR count). The summed E-state index contributed by atoms with van der Waals surface area (Å²) in [6, 6.07) is 5.09. The summed E-state index contributed by atoms with van der Waals surface area (Å²) in [6.45, 7) is 6.78. The van der Waals surface area contributed by atoms with Crippen molar-refractivity contribution in [2.45, 2.75) is 33.2 Å². The summed E-state index contributed by atoms with van der Waals surface area (Å²) in [5.41, 5.74) is 0.459. The average molecular weight is 314 g/mol. The quantitative estimate of drug-likeness (QED) is 0.848. The number of halogens is 1. The Labute approximate surface area is 129 Å². The fourth-order valence-corrected chi connectivity index (χ4v) is 1.78. The molecule has 0 aromatic heterocycles. The van der Waals surface area contributed by atoms with E-state index in [4.69, 9.17) is 21.1 Å². The van der Waals surface area contributed by atoms with Gasteiger partial charge in [-0.25, -0.2) is 4.79 Å². The minimum absolute atomic E-state index is 0.259. The van der Waals surface area contributed by atoms with Crippen LogP contribution < -0.4 is 10.1 Å². The molecule has 0 spiro atoms. The van der Waals surface area contributed by atoms with Crippen molar-refractivity contribution in [1.82, 2.24) is 5.32 Å². The Balaban J connectivity index is 2.36. The van der Waals surface area contributed by atoms with Crippen molar-refractivity contribution in [3.8, 4) is 5.75 Å². The molecular weight excluding hydrogens is 294 g/mol. The molecule has 0 aliphatic carbocycles. The highest BCUT2D eigenvalue weighted by atomic mass is 35.5. The molecule has 6 heteroatoms. The summed E-state index contributed by atoms with van der Waals surface area (Å²) >= 11 is 5.83. The van der Waals surface area contributed by atoms with Gasteiger partial charge in [0.05, 0.1) is 0 Å². The van der Waals surface area contributed by atoms with Gasteiger partial charge in [0.15, 0.2) is 13.2 Å². The largest absolute Gasteiger partial charge is 0.482 e. The van der Waals surface area contributed by atoms with Crippen molar-refractivity contribution < 1.29 is 19.1 Å². The van der Waals surface area contributed by atoms with Crippen molar-refractivity contribution in [2.24, 2.45) is 0 Å². The minimum atomic E-state index is -0.603. The molecular formula is C15H20ClNO4. The van der Waals surface area contributed by atoms with Gasteiger partial charge < -0.3 is 14.8 Å². The van der Waals surface area contributed by atoms with E-state index in [1.54, 1.807) is 18.2 Å². The molecule has 0 atom stereocenters. The minimum Gasteiger partial charge on any atom is -0.482 e. The molecule has 0 saturated heterocycles. The second kappa shape index (κ2) is 7.31. The second-order valence-corrected chi connectivity index (χ2v) is 6.09. The van der Waals surface area contributed by atoms with Gasteiger partial charge in [-0.1, -0.05) is 11.6 Å². The van der Waals surface area contributed by atoms with Gasteiger partial charge in [0.1, 0.15) is 5.75 Å². The third-order valence-electron chi connectivity index (χ3n) is 2.36. The first-order valence-electron chi connectivity index (χ1n) is 6.53. The third kappa shape index (κ3) is 6.99. The Hall–Kier alpha value is -1.75. The van der Waals surface area contributed by atoms with Crippen LogP contribution in [0.1, 0.15) is 26.3 Å². The van der Waals surface area contributed by atoms with Gasteiger partial charge in [0.2, 0.25) is 0 Å². The van der Waals surface area contributed by atoms with Crippen molar-refractivity contribution in [3.05, 3.63) is 28.8 Å². The fourth-order valence-electron chi connectivity index (χ4n) is 1.55. The first-order valence-corrected chi connectivity index (χ1v) is 6.91. The van der Waals surface area contributed by atoms with Crippen molar-refractivity contribution in [1.29, 1.82) is 0 Å². The summed E-state index contributed by atoms with van der Waals surface area (Å²) in [4.78, 5) is 23.0. The molecule has 1 aromatic rings. The maximum absolute atomic E-state index is 11.5. The van der Waals surface area contributed by atoms with Crippen LogP contribution in [-0.2, 0) is 14.3 Å². The summed E-state index contributed by atoms with van der Waals surface area (Å²) in [6.07, 6.45) is 0. The van der Waals surface area contributed by atoms with Gasteiger partial charge in [-0.3, -0.25) is 4.79 Å². The second-order valence-electron chi connectivity index (χ2n) is 5.66. The molecule has 0 heterocycles. The summed E-state index contributed by atoms with van der Waals surface area (Å²) < 4.78 is 10.2. The summed E-state index contributed by atoms with van der Waals surface area (Å²) in [7, 11) is 0. The monoisotopic (exact) mass is 313 g/mol. The van der Waals surface area contributed by atoms with E-state index in [-0.39, 0.29) is 24.7 Å². The predicted molar refractivity (Wildman–Crippen MR) is 80.5 cm³/mol. The molecule has 0 bridgehead atoms. The first kappa shape index (κ1) is 17.3. The number of hydrogen-bond donors (Lipinski definition) is 1. The van der Waals surface area contributed by atoms with E-state index in [1.165, 1.54) is 0 Å². The zero-order chi connectivity index (χ0) is 16.0. The van der Waals surface area contributed by atoms with Gasteiger partial charge in [-0.15, -0.1) is 0 Å². The average Bonchev–Trinajstić information content (AvgIpc) is 2.33. The Morgan fingerprint density at radius 2 is 1.90 bits per heavy atom. The number of benzene rings is 1. The smallest absolute Gasteiger partial charge is 0.344 e. The van der Waals surface area contributed by atoms with Crippen LogP contribution >= 0.6 is 11.6 Å². The molecule has 0 saturated carbocycles. The van der Waals surface area contributed by atoms with Crippen molar-refractivity contribution in [2.75, 3.05) is 13.2 Å². The third-order valence-corrected chi connectivity index (χ3v) is 2.60. The van der Waals surface area contributed by atoms with Crippen LogP contribution in [0, 0.1) is 6.92 Å². The number of rotatable bonds is 5. The Kier molecular flexibility index (Phi) is 6.03. The highest BCUT2D eigenvalue weighted by Gasteiger charge is 2.15. The first-order chi connectivity index (χ1) is 9.67. The lowest BCUT2D eigenvalue weighted by Crippen LogP contribution is -2.43. The molecule has 1 N–H and O–H groups in total. The van der Waals surface area contributed by atoms with Crippen molar-refractivity contribution >= 4 is 23.5 Å². The highest BCUT2D eigenvalue weighted by molar-refractivity contribution is 6.30. The fraction of sp³-hybridized carbons (Fsp3) is 0.467. The van der Waals surface area contributed by atoms with E-state index in [1.807, 2.05) is 27.7 Å². The predicted octanol–water partition coefficient (Wildman–Crippen LogP) is 2.49. The lowest BCUT2D eigenvalue weighted by Gasteiger charge is -2.20.